The fraction of sp³-hybridized carbons (Fsp3) is 0.143. The number of carbonyl (C=O) groups excluding carboxylic acids is 2. The molecule has 0 aliphatic rings. The summed E-state index contributed by atoms with van der Waals surface area (Å²) in [6.45, 7) is 0. The van der Waals surface area contributed by atoms with E-state index in [1.165, 1.54) is 12.1 Å². The van der Waals surface area contributed by atoms with Gasteiger partial charge < -0.3 is 11.1 Å². The second kappa shape index (κ2) is 8.58. The number of anilines is 1. The third-order valence-electron chi connectivity index (χ3n) is 4.97. The molecule has 15 heteroatoms. The van der Waals surface area contributed by atoms with Crippen molar-refractivity contribution in [2.45, 2.75) is 12.4 Å². The summed E-state index contributed by atoms with van der Waals surface area (Å²) >= 11 is 0.448. The molecule has 3 heterocycles. The van der Waals surface area contributed by atoms with Crippen molar-refractivity contribution in [2.24, 2.45) is 12.8 Å². The van der Waals surface area contributed by atoms with Crippen molar-refractivity contribution in [3.8, 4) is 11.1 Å². The van der Waals surface area contributed by atoms with Crippen LogP contribution in [0, 0.1) is 5.82 Å². The number of pyridine rings is 1. The van der Waals surface area contributed by atoms with Crippen LogP contribution in [0.5, 0.6) is 0 Å². The highest BCUT2D eigenvalue weighted by Crippen LogP contribution is 2.44. The molecule has 0 unspecified atom stereocenters. The summed E-state index contributed by atoms with van der Waals surface area (Å²) in [4.78, 5) is 27.8. The molecule has 3 aromatic heterocycles. The molecular formula is C21H12F7N5O2S. The van der Waals surface area contributed by atoms with Crippen LogP contribution < -0.4 is 11.1 Å². The number of amides is 2. The summed E-state index contributed by atoms with van der Waals surface area (Å²) in [5.74, 6) is -2.95. The number of alkyl halides is 6. The highest BCUT2D eigenvalue weighted by Gasteiger charge is 2.37. The van der Waals surface area contributed by atoms with E-state index in [0.29, 0.717) is 28.2 Å². The van der Waals surface area contributed by atoms with E-state index in [0.717, 1.165) is 19.2 Å². The van der Waals surface area contributed by atoms with Crippen molar-refractivity contribution in [3.63, 3.8) is 0 Å². The third-order valence-corrected chi connectivity index (χ3v) is 6.07. The topological polar surface area (TPSA) is 103 Å². The lowest BCUT2D eigenvalue weighted by atomic mass is 10.0. The zero-order chi connectivity index (χ0) is 26.6. The van der Waals surface area contributed by atoms with Crippen LogP contribution in [-0.2, 0) is 19.4 Å². The molecule has 2 amide bonds. The number of aryl methyl sites for hydroxylation is 1. The molecule has 0 fully saturated rings. The molecule has 7 nitrogen and oxygen atoms in total. The first-order valence-corrected chi connectivity index (χ1v) is 10.5. The van der Waals surface area contributed by atoms with Crippen molar-refractivity contribution >= 4 is 39.1 Å². The summed E-state index contributed by atoms with van der Waals surface area (Å²) in [5, 5.41) is 5.36. The Labute approximate surface area is 200 Å². The van der Waals surface area contributed by atoms with Gasteiger partial charge in [0.15, 0.2) is 5.69 Å². The van der Waals surface area contributed by atoms with Crippen molar-refractivity contribution in [2.75, 3.05) is 5.32 Å². The SMILES string of the molecule is Cn1nc(C(F)(F)F)cc1C(=O)Nc1c(C(N)=O)sc2nc(C(F)(F)F)cc(-c3ccc(F)cc3)c12. The fourth-order valence-electron chi connectivity index (χ4n) is 3.39. The lowest BCUT2D eigenvalue weighted by Crippen LogP contribution is -2.19. The Morgan fingerprint density at radius 1 is 1.00 bits per heavy atom. The summed E-state index contributed by atoms with van der Waals surface area (Å²) in [7, 11) is 1.08. The minimum absolute atomic E-state index is 0.0820. The highest BCUT2D eigenvalue weighted by atomic mass is 32.1. The number of benzene rings is 1. The van der Waals surface area contributed by atoms with Crippen LogP contribution in [0.3, 0.4) is 0 Å². The molecule has 188 valence electrons. The maximum absolute atomic E-state index is 13.5. The van der Waals surface area contributed by atoms with Gasteiger partial charge in [-0.3, -0.25) is 14.3 Å². The second-order valence-corrected chi connectivity index (χ2v) is 8.40. The van der Waals surface area contributed by atoms with Crippen LogP contribution in [0.2, 0.25) is 0 Å². The van der Waals surface area contributed by atoms with Crippen LogP contribution >= 0.6 is 11.3 Å². The van der Waals surface area contributed by atoms with Gasteiger partial charge in [0.25, 0.3) is 11.8 Å². The average Bonchev–Trinajstić information content (AvgIpc) is 3.34. The van der Waals surface area contributed by atoms with Crippen LogP contribution in [0.15, 0.2) is 36.4 Å². The van der Waals surface area contributed by atoms with Gasteiger partial charge in [0, 0.05) is 18.5 Å². The van der Waals surface area contributed by atoms with Crippen LogP contribution in [0.4, 0.5) is 36.4 Å². The molecule has 4 rings (SSSR count). The molecule has 36 heavy (non-hydrogen) atoms. The summed E-state index contributed by atoms with van der Waals surface area (Å²) < 4.78 is 93.7. The number of nitrogens with zero attached hydrogens (tertiary/aromatic N) is 3. The van der Waals surface area contributed by atoms with E-state index in [2.05, 4.69) is 15.4 Å². The van der Waals surface area contributed by atoms with E-state index < -0.39 is 51.9 Å². The molecule has 4 aromatic rings. The number of hydrogen-bond donors (Lipinski definition) is 2. The van der Waals surface area contributed by atoms with E-state index in [9.17, 15) is 40.3 Å². The molecule has 0 saturated carbocycles. The van der Waals surface area contributed by atoms with E-state index in [1.54, 1.807) is 0 Å². The Bertz CT molecular complexity index is 1500. The van der Waals surface area contributed by atoms with Crippen molar-refractivity contribution in [1.29, 1.82) is 0 Å². The van der Waals surface area contributed by atoms with E-state index in [1.807, 2.05) is 0 Å². The number of nitrogens with two attached hydrogens (primary N) is 1. The maximum Gasteiger partial charge on any atom is 0.435 e. The normalized spacial score (nSPS) is 12.2. The lowest BCUT2D eigenvalue weighted by molar-refractivity contribution is -0.142. The van der Waals surface area contributed by atoms with Gasteiger partial charge >= 0.3 is 12.4 Å². The maximum atomic E-state index is 13.5. The molecule has 0 atom stereocenters. The number of primary amides is 1. The van der Waals surface area contributed by atoms with Gasteiger partial charge in [-0.05, 0) is 29.3 Å². The molecule has 0 saturated heterocycles. The number of nitrogens with one attached hydrogen (secondary N) is 1. The predicted molar refractivity (Wildman–Crippen MR) is 115 cm³/mol. The molecule has 0 radical (unpaired) electrons. The summed E-state index contributed by atoms with van der Waals surface area (Å²) in [5.41, 5.74) is 1.68. The third kappa shape index (κ3) is 4.60. The lowest BCUT2D eigenvalue weighted by Gasteiger charge is -2.12. The van der Waals surface area contributed by atoms with Crippen molar-refractivity contribution < 1.29 is 40.3 Å². The van der Waals surface area contributed by atoms with Crippen LogP contribution in [0.1, 0.15) is 31.5 Å². The van der Waals surface area contributed by atoms with E-state index in [4.69, 9.17) is 5.73 Å². The largest absolute Gasteiger partial charge is 0.435 e. The Morgan fingerprint density at radius 3 is 2.14 bits per heavy atom. The van der Waals surface area contributed by atoms with Crippen LogP contribution in [-0.4, -0.2) is 26.6 Å². The minimum atomic E-state index is -4.90. The smallest absolute Gasteiger partial charge is 0.365 e. The predicted octanol–water partition coefficient (Wildman–Crippen LogP) is 5.22. The molecule has 3 N–H and O–H groups in total. The number of rotatable bonds is 4. The molecule has 1 aromatic carbocycles. The fourth-order valence-corrected chi connectivity index (χ4v) is 4.40. The number of halogens is 7. The standard InChI is InChI=1S/C21H12F7N5O2S/c1-33-11(7-13(32-33)21(26,27)28)18(35)31-15-14-10(8-2-4-9(22)5-3-8)6-12(20(23,24)25)30-19(14)36-16(15)17(29)34/h2-7H,1H3,(H2,29,34)(H,31,35). The van der Waals surface area contributed by atoms with E-state index >= 15 is 0 Å². The first kappa shape index (κ1) is 25.1. The zero-order valence-corrected chi connectivity index (χ0v) is 18.6. The monoisotopic (exact) mass is 531 g/mol. The first-order valence-electron chi connectivity index (χ1n) is 9.70. The van der Waals surface area contributed by atoms with Gasteiger partial charge in [0.05, 0.1) is 5.69 Å². The molecule has 0 aliphatic carbocycles. The Balaban J connectivity index is 1.95. The average molecular weight is 531 g/mol. The number of thiophene rings is 1. The number of aromatic nitrogens is 3. The molecule has 0 bridgehead atoms. The van der Waals surface area contributed by atoms with Crippen LogP contribution in [0.25, 0.3) is 21.3 Å². The zero-order valence-electron chi connectivity index (χ0n) is 17.8. The van der Waals surface area contributed by atoms with Gasteiger partial charge in [0.1, 0.15) is 26.9 Å². The quantitative estimate of drug-likeness (QED) is 0.352. The molecular weight excluding hydrogens is 519 g/mol. The number of carbonyl (C=O) groups is 2. The highest BCUT2D eigenvalue weighted by molar-refractivity contribution is 7.21. The first-order chi connectivity index (χ1) is 16.7. The Kier molecular flexibility index (Phi) is 5.98. The van der Waals surface area contributed by atoms with Gasteiger partial charge in [-0.25, -0.2) is 9.37 Å². The summed E-state index contributed by atoms with van der Waals surface area (Å²) in [6, 6.07) is 5.44. The Hall–Kier alpha value is -4.01. The Morgan fingerprint density at radius 2 is 1.61 bits per heavy atom. The number of fused-ring (bicyclic) bond motifs is 1. The summed E-state index contributed by atoms with van der Waals surface area (Å²) in [6.07, 6.45) is -9.75. The van der Waals surface area contributed by atoms with Crippen molar-refractivity contribution in [3.05, 3.63) is 64.2 Å². The molecule has 0 aliphatic heterocycles. The van der Waals surface area contributed by atoms with Gasteiger partial charge in [-0.2, -0.15) is 31.4 Å². The molecule has 0 spiro atoms. The van der Waals surface area contributed by atoms with E-state index in [-0.39, 0.29) is 27.0 Å². The van der Waals surface area contributed by atoms with Gasteiger partial charge in [0.2, 0.25) is 0 Å². The van der Waals surface area contributed by atoms with Gasteiger partial charge in [-0.1, -0.05) is 12.1 Å². The minimum Gasteiger partial charge on any atom is -0.365 e. The number of hydrogen-bond acceptors (Lipinski definition) is 5. The second-order valence-electron chi connectivity index (χ2n) is 7.40. The van der Waals surface area contributed by atoms with Gasteiger partial charge in [-0.15, -0.1) is 11.3 Å². The van der Waals surface area contributed by atoms with Crippen molar-refractivity contribution in [1.82, 2.24) is 14.8 Å².